The van der Waals surface area contributed by atoms with Crippen LogP contribution in [0.2, 0.25) is 0 Å². The summed E-state index contributed by atoms with van der Waals surface area (Å²) in [6, 6.07) is 4.21. The van der Waals surface area contributed by atoms with Gasteiger partial charge in [0.1, 0.15) is 0 Å². The van der Waals surface area contributed by atoms with Crippen LogP contribution in [0.3, 0.4) is 0 Å². The van der Waals surface area contributed by atoms with E-state index in [0.717, 1.165) is 5.75 Å². The van der Waals surface area contributed by atoms with E-state index in [9.17, 15) is 0 Å². The first-order chi connectivity index (χ1) is 6.93. The monoisotopic (exact) mass is 209 g/mol. The number of nitrogens with zero attached hydrogens (tertiary/aromatic N) is 1. The van der Waals surface area contributed by atoms with Gasteiger partial charge in [-0.2, -0.15) is 12.6 Å². The molecule has 1 aromatic heterocycles. The molecule has 0 aliphatic rings. The highest BCUT2D eigenvalue weighted by molar-refractivity contribution is 7.80. The molecule has 78 valence electrons. The molecule has 0 fully saturated rings. The molecule has 0 radical (unpaired) electrons. The third-order valence-electron chi connectivity index (χ3n) is 2.37. The molecule has 0 saturated heterocycles. The summed E-state index contributed by atoms with van der Waals surface area (Å²) >= 11 is 4.20. The van der Waals surface area contributed by atoms with Gasteiger partial charge in [0.15, 0.2) is 0 Å². The topological polar surface area (TPSA) is 12.9 Å². The minimum absolute atomic E-state index is 1.03. The molecule has 0 spiro atoms. The molecule has 1 aromatic rings. The van der Waals surface area contributed by atoms with Crippen LogP contribution in [0, 0.1) is 0 Å². The van der Waals surface area contributed by atoms with Crippen LogP contribution in [0.1, 0.15) is 37.7 Å². The number of unbranched alkanes of at least 4 members (excludes halogenated alkanes) is 4. The van der Waals surface area contributed by atoms with Crippen LogP contribution >= 0.6 is 12.6 Å². The summed E-state index contributed by atoms with van der Waals surface area (Å²) in [7, 11) is 0. The number of hydrogen-bond acceptors (Lipinski definition) is 2. The van der Waals surface area contributed by atoms with Gasteiger partial charge in [-0.3, -0.25) is 4.98 Å². The van der Waals surface area contributed by atoms with E-state index in [0.29, 0.717) is 0 Å². The quantitative estimate of drug-likeness (QED) is 0.535. The lowest BCUT2D eigenvalue weighted by Gasteiger charge is -2.00. The molecule has 1 nitrogen and oxygen atoms in total. The Balaban J connectivity index is 1.99. The summed E-state index contributed by atoms with van der Waals surface area (Å²) in [6.07, 6.45) is 11.5. The van der Waals surface area contributed by atoms with Gasteiger partial charge >= 0.3 is 0 Å². The van der Waals surface area contributed by atoms with Crippen LogP contribution in [-0.4, -0.2) is 10.7 Å². The van der Waals surface area contributed by atoms with Crippen LogP contribution in [-0.2, 0) is 6.42 Å². The van der Waals surface area contributed by atoms with Crippen molar-refractivity contribution < 1.29 is 0 Å². The molecule has 1 heterocycles. The van der Waals surface area contributed by atoms with Gasteiger partial charge in [0, 0.05) is 12.4 Å². The molecule has 0 atom stereocenters. The molecule has 1 rings (SSSR count). The molecule has 2 heteroatoms. The first kappa shape index (κ1) is 11.6. The summed E-state index contributed by atoms with van der Waals surface area (Å²) < 4.78 is 0. The second kappa shape index (κ2) is 7.86. The van der Waals surface area contributed by atoms with Crippen molar-refractivity contribution in [3.05, 3.63) is 30.1 Å². The van der Waals surface area contributed by atoms with Crippen molar-refractivity contribution in [3.8, 4) is 0 Å². The lowest BCUT2D eigenvalue weighted by Crippen LogP contribution is -1.86. The Morgan fingerprint density at radius 2 is 1.57 bits per heavy atom. The summed E-state index contributed by atoms with van der Waals surface area (Å²) in [5.41, 5.74) is 1.41. The molecular weight excluding hydrogens is 190 g/mol. The highest BCUT2D eigenvalue weighted by atomic mass is 32.1. The van der Waals surface area contributed by atoms with Gasteiger partial charge in [0.05, 0.1) is 0 Å². The molecule has 0 unspecified atom stereocenters. The smallest absolute Gasteiger partial charge is 0.0270 e. The summed E-state index contributed by atoms with van der Waals surface area (Å²) in [6.45, 7) is 0. The highest BCUT2D eigenvalue weighted by Crippen LogP contribution is 2.08. The molecular formula is C12H19NS. The van der Waals surface area contributed by atoms with E-state index in [1.165, 1.54) is 44.1 Å². The van der Waals surface area contributed by atoms with Gasteiger partial charge in [0.25, 0.3) is 0 Å². The summed E-state index contributed by atoms with van der Waals surface area (Å²) in [5, 5.41) is 0. The first-order valence-corrected chi connectivity index (χ1v) is 6.06. The fourth-order valence-electron chi connectivity index (χ4n) is 1.52. The van der Waals surface area contributed by atoms with Crippen molar-refractivity contribution >= 4 is 12.6 Å². The number of rotatable bonds is 7. The van der Waals surface area contributed by atoms with Crippen molar-refractivity contribution in [3.63, 3.8) is 0 Å². The van der Waals surface area contributed by atoms with Crippen molar-refractivity contribution in [2.45, 2.75) is 38.5 Å². The van der Waals surface area contributed by atoms with E-state index in [2.05, 4.69) is 29.7 Å². The van der Waals surface area contributed by atoms with E-state index in [-0.39, 0.29) is 0 Å². The predicted octanol–water partition coefficient (Wildman–Crippen LogP) is 3.50. The lowest BCUT2D eigenvalue weighted by atomic mass is 10.1. The second-order valence-corrected chi connectivity index (χ2v) is 4.04. The third-order valence-corrected chi connectivity index (χ3v) is 2.69. The van der Waals surface area contributed by atoms with Crippen LogP contribution in [0.25, 0.3) is 0 Å². The van der Waals surface area contributed by atoms with E-state index in [1.807, 2.05) is 12.4 Å². The Morgan fingerprint density at radius 1 is 0.929 bits per heavy atom. The fraction of sp³-hybridized carbons (Fsp3) is 0.583. The Kier molecular flexibility index (Phi) is 6.50. The summed E-state index contributed by atoms with van der Waals surface area (Å²) in [5.74, 6) is 1.03. The summed E-state index contributed by atoms with van der Waals surface area (Å²) in [4.78, 5) is 4.01. The zero-order valence-corrected chi connectivity index (χ0v) is 9.55. The number of pyridine rings is 1. The highest BCUT2D eigenvalue weighted by Gasteiger charge is 1.92. The van der Waals surface area contributed by atoms with Crippen LogP contribution < -0.4 is 0 Å². The van der Waals surface area contributed by atoms with Crippen molar-refractivity contribution in [1.82, 2.24) is 4.98 Å². The standard InChI is InChI=1S/C12H19NS/c14-11-5-3-1-2-4-6-12-7-9-13-10-8-12/h7-10,14H,1-6,11H2. The van der Waals surface area contributed by atoms with Crippen molar-refractivity contribution in [2.75, 3.05) is 5.75 Å². The van der Waals surface area contributed by atoms with Gasteiger partial charge in [-0.25, -0.2) is 0 Å². The van der Waals surface area contributed by atoms with Gasteiger partial charge in [-0.05, 0) is 42.7 Å². The molecule has 0 amide bonds. The van der Waals surface area contributed by atoms with Gasteiger partial charge in [-0.1, -0.05) is 19.3 Å². The van der Waals surface area contributed by atoms with Gasteiger partial charge in [-0.15, -0.1) is 0 Å². The lowest BCUT2D eigenvalue weighted by molar-refractivity contribution is 0.635. The number of thiol groups is 1. The average molecular weight is 209 g/mol. The molecule has 0 aromatic carbocycles. The van der Waals surface area contributed by atoms with Gasteiger partial charge in [0.2, 0.25) is 0 Å². The first-order valence-electron chi connectivity index (χ1n) is 5.43. The van der Waals surface area contributed by atoms with E-state index >= 15 is 0 Å². The van der Waals surface area contributed by atoms with Crippen LogP contribution in [0.5, 0.6) is 0 Å². The maximum absolute atomic E-state index is 4.20. The molecule has 0 bridgehead atoms. The Labute approximate surface area is 92.4 Å². The van der Waals surface area contributed by atoms with Crippen LogP contribution in [0.15, 0.2) is 24.5 Å². The number of aryl methyl sites for hydroxylation is 1. The Bertz CT molecular complexity index is 223. The largest absolute Gasteiger partial charge is 0.265 e. The average Bonchev–Trinajstić information content (AvgIpc) is 2.25. The van der Waals surface area contributed by atoms with Gasteiger partial charge < -0.3 is 0 Å². The van der Waals surface area contributed by atoms with E-state index in [1.54, 1.807) is 0 Å². The SMILES string of the molecule is SCCCCCCCc1ccncc1. The maximum Gasteiger partial charge on any atom is 0.0270 e. The zero-order valence-electron chi connectivity index (χ0n) is 8.65. The maximum atomic E-state index is 4.20. The molecule has 14 heavy (non-hydrogen) atoms. The van der Waals surface area contributed by atoms with Crippen molar-refractivity contribution in [2.24, 2.45) is 0 Å². The van der Waals surface area contributed by atoms with E-state index in [4.69, 9.17) is 0 Å². The third kappa shape index (κ3) is 5.28. The zero-order chi connectivity index (χ0) is 10.1. The fourth-order valence-corrected chi connectivity index (χ4v) is 1.74. The second-order valence-electron chi connectivity index (χ2n) is 3.60. The predicted molar refractivity (Wildman–Crippen MR) is 64.9 cm³/mol. The molecule has 0 N–H and O–H groups in total. The molecule has 0 aliphatic heterocycles. The van der Waals surface area contributed by atoms with E-state index < -0.39 is 0 Å². The normalized spacial score (nSPS) is 10.4. The Hall–Kier alpha value is -0.500. The number of aromatic nitrogens is 1. The minimum atomic E-state index is 1.03. The van der Waals surface area contributed by atoms with Crippen LogP contribution in [0.4, 0.5) is 0 Å². The molecule has 0 aliphatic carbocycles. The minimum Gasteiger partial charge on any atom is -0.265 e. The molecule has 0 saturated carbocycles. The van der Waals surface area contributed by atoms with Crippen molar-refractivity contribution in [1.29, 1.82) is 0 Å². The number of hydrogen-bond donors (Lipinski definition) is 1. The Morgan fingerprint density at radius 3 is 2.29 bits per heavy atom.